The monoisotopic (exact) mass is 337 g/mol. The number of rotatable bonds is 6. The number of carboxylic acid groups (broad SMARTS) is 1. The highest BCUT2D eigenvalue weighted by molar-refractivity contribution is 6.31. The van der Waals surface area contributed by atoms with Crippen molar-refractivity contribution in [2.24, 2.45) is 0 Å². The van der Waals surface area contributed by atoms with Crippen LogP contribution in [-0.2, 0) is 11.3 Å². The van der Waals surface area contributed by atoms with Crippen LogP contribution in [0.15, 0.2) is 28.7 Å². The molecule has 0 aliphatic heterocycles. The van der Waals surface area contributed by atoms with E-state index in [4.69, 9.17) is 25.9 Å². The quantitative estimate of drug-likeness (QED) is 0.846. The smallest absolute Gasteiger partial charge is 0.339 e. The van der Waals surface area contributed by atoms with Crippen LogP contribution in [0.3, 0.4) is 0 Å². The maximum Gasteiger partial charge on any atom is 0.339 e. The first-order chi connectivity index (χ1) is 10.9. The lowest BCUT2D eigenvalue weighted by molar-refractivity contribution is -0.123. The van der Waals surface area contributed by atoms with Gasteiger partial charge in [-0.05, 0) is 32.0 Å². The van der Waals surface area contributed by atoms with Gasteiger partial charge in [0.05, 0.1) is 6.54 Å². The lowest BCUT2D eigenvalue weighted by Gasteiger charge is -2.09. The first kappa shape index (κ1) is 16.9. The summed E-state index contributed by atoms with van der Waals surface area (Å²) in [7, 11) is 0. The first-order valence-electron chi connectivity index (χ1n) is 6.85. The number of carbonyl (C=O) groups is 2. The highest BCUT2D eigenvalue weighted by Crippen LogP contribution is 2.24. The van der Waals surface area contributed by atoms with E-state index in [1.807, 2.05) is 0 Å². The van der Waals surface area contributed by atoms with E-state index in [2.05, 4.69) is 5.32 Å². The molecule has 0 radical (unpaired) electrons. The maximum atomic E-state index is 11.8. The molecule has 0 atom stereocenters. The van der Waals surface area contributed by atoms with Crippen LogP contribution in [0.5, 0.6) is 5.75 Å². The van der Waals surface area contributed by atoms with E-state index in [-0.39, 0.29) is 24.6 Å². The van der Waals surface area contributed by atoms with Crippen molar-refractivity contribution >= 4 is 23.5 Å². The van der Waals surface area contributed by atoms with Gasteiger partial charge in [0.1, 0.15) is 22.8 Å². The Morgan fingerprint density at radius 3 is 2.74 bits per heavy atom. The van der Waals surface area contributed by atoms with Gasteiger partial charge in [-0.3, -0.25) is 4.79 Å². The van der Waals surface area contributed by atoms with Crippen molar-refractivity contribution in [1.82, 2.24) is 5.32 Å². The second-order valence-corrected chi connectivity index (χ2v) is 5.32. The van der Waals surface area contributed by atoms with Gasteiger partial charge in [-0.15, -0.1) is 0 Å². The summed E-state index contributed by atoms with van der Waals surface area (Å²) in [5, 5.41) is 12.1. The Labute approximate surface area is 138 Å². The summed E-state index contributed by atoms with van der Waals surface area (Å²) in [5.74, 6) is -0.215. The van der Waals surface area contributed by atoms with E-state index in [0.717, 1.165) is 5.56 Å². The summed E-state index contributed by atoms with van der Waals surface area (Å²) in [6.07, 6.45) is 0. The predicted molar refractivity (Wildman–Crippen MR) is 83.9 cm³/mol. The molecule has 1 amide bonds. The second kappa shape index (κ2) is 7.19. The Hall–Kier alpha value is -2.47. The van der Waals surface area contributed by atoms with Gasteiger partial charge in [0.2, 0.25) is 0 Å². The number of ether oxygens (including phenoxy) is 1. The standard InChI is InChI=1S/C16H16ClNO5/c1-9-13(17)4-3-5-14(9)22-8-15(19)18-7-11-6-12(16(20)21)10(2)23-11/h3-6H,7-8H2,1-2H3,(H,18,19)(H,20,21). The highest BCUT2D eigenvalue weighted by Gasteiger charge is 2.14. The molecular formula is C16H16ClNO5. The molecule has 0 aliphatic rings. The summed E-state index contributed by atoms with van der Waals surface area (Å²) in [5.41, 5.74) is 0.842. The average molecular weight is 338 g/mol. The van der Waals surface area contributed by atoms with Crippen molar-refractivity contribution in [3.05, 3.63) is 51.9 Å². The number of hydrogen-bond acceptors (Lipinski definition) is 4. The predicted octanol–water partition coefficient (Wildman–Crippen LogP) is 2.94. The molecule has 7 heteroatoms. The molecule has 0 spiro atoms. The fourth-order valence-corrected chi connectivity index (χ4v) is 2.13. The molecule has 1 heterocycles. The Morgan fingerprint density at radius 1 is 1.35 bits per heavy atom. The number of aromatic carboxylic acids is 1. The molecule has 122 valence electrons. The van der Waals surface area contributed by atoms with Gasteiger partial charge in [0.25, 0.3) is 5.91 Å². The molecule has 2 aromatic rings. The number of furan rings is 1. The summed E-state index contributed by atoms with van der Waals surface area (Å²) >= 11 is 5.97. The van der Waals surface area contributed by atoms with E-state index in [1.165, 1.54) is 6.07 Å². The second-order valence-electron chi connectivity index (χ2n) is 4.92. The number of aryl methyl sites for hydroxylation is 1. The van der Waals surface area contributed by atoms with E-state index in [1.54, 1.807) is 32.0 Å². The largest absolute Gasteiger partial charge is 0.483 e. The van der Waals surface area contributed by atoms with Crippen LogP contribution < -0.4 is 10.1 Å². The molecule has 1 aromatic heterocycles. The summed E-state index contributed by atoms with van der Waals surface area (Å²) < 4.78 is 10.7. The molecule has 1 aromatic carbocycles. The molecule has 0 fully saturated rings. The maximum absolute atomic E-state index is 11.8. The van der Waals surface area contributed by atoms with Gasteiger partial charge < -0.3 is 19.6 Å². The third kappa shape index (κ3) is 4.26. The van der Waals surface area contributed by atoms with Crippen molar-refractivity contribution in [3.8, 4) is 5.75 Å². The Morgan fingerprint density at radius 2 is 2.09 bits per heavy atom. The van der Waals surface area contributed by atoms with Gasteiger partial charge in [0.15, 0.2) is 6.61 Å². The average Bonchev–Trinajstić information content (AvgIpc) is 2.88. The van der Waals surface area contributed by atoms with Crippen LogP contribution >= 0.6 is 11.6 Å². The van der Waals surface area contributed by atoms with Crippen LogP contribution in [-0.4, -0.2) is 23.6 Å². The van der Waals surface area contributed by atoms with Crippen molar-refractivity contribution < 1.29 is 23.8 Å². The molecule has 0 saturated carbocycles. The van der Waals surface area contributed by atoms with E-state index in [0.29, 0.717) is 22.3 Å². The minimum atomic E-state index is -1.07. The van der Waals surface area contributed by atoms with E-state index >= 15 is 0 Å². The van der Waals surface area contributed by atoms with Gasteiger partial charge in [0, 0.05) is 10.6 Å². The molecule has 6 nitrogen and oxygen atoms in total. The zero-order valence-corrected chi connectivity index (χ0v) is 13.4. The fourth-order valence-electron chi connectivity index (χ4n) is 1.97. The molecule has 23 heavy (non-hydrogen) atoms. The van der Waals surface area contributed by atoms with Gasteiger partial charge in [-0.2, -0.15) is 0 Å². The third-order valence-corrected chi connectivity index (χ3v) is 3.65. The third-order valence-electron chi connectivity index (χ3n) is 3.24. The number of carbonyl (C=O) groups excluding carboxylic acids is 1. The fraction of sp³-hybridized carbons (Fsp3) is 0.250. The van der Waals surface area contributed by atoms with Crippen LogP contribution in [0.1, 0.15) is 27.4 Å². The Bertz CT molecular complexity index is 738. The number of carboxylic acids is 1. The van der Waals surface area contributed by atoms with E-state index < -0.39 is 5.97 Å². The van der Waals surface area contributed by atoms with E-state index in [9.17, 15) is 9.59 Å². The highest BCUT2D eigenvalue weighted by atomic mass is 35.5. The molecule has 0 bridgehead atoms. The number of halogens is 1. The minimum Gasteiger partial charge on any atom is -0.483 e. The minimum absolute atomic E-state index is 0.0834. The molecule has 0 aliphatic carbocycles. The zero-order chi connectivity index (χ0) is 17.0. The Balaban J connectivity index is 1.87. The van der Waals surface area contributed by atoms with Crippen molar-refractivity contribution in [3.63, 3.8) is 0 Å². The summed E-state index contributed by atoms with van der Waals surface area (Å²) in [6, 6.07) is 6.59. The zero-order valence-electron chi connectivity index (χ0n) is 12.7. The molecule has 0 unspecified atom stereocenters. The lowest BCUT2D eigenvalue weighted by atomic mass is 10.2. The van der Waals surface area contributed by atoms with Crippen LogP contribution in [0, 0.1) is 13.8 Å². The summed E-state index contributed by atoms with van der Waals surface area (Å²) in [4.78, 5) is 22.7. The molecule has 0 saturated heterocycles. The van der Waals surface area contributed by atoms with Gasteiger partial charge >= 0.3 is 5.97 Å². The van der Waals surface area contributed by atoms with Crippen LogP contribution in [0.25, 0.3) is 0 Å². The topological polar surface area (TPSA) is 88.8 Å². The number of amides is 1. The number of hydrogen-bond donors (Lipinski definition) is 2. The van der Waals surface area contributed by atoms with Crippen molar-refractivity contribution in [2.45, 2.75) is 20.4 Å². The van der Waals surface area contributed by atoms with Crippen molar-refractivity contribution in [1.29, 1.82) is 0 Å². The number of benzene rings is 1. The first-order valence-corrected chi connectivity index (χ1v) is 7.23. The Kier molecular flexibility index (Phi) is 5.28. The molecule has 2 rings (SSSR count). The van der Waals surface area contributed by atoms with Gasteiger partial charge in [-0.25, -0.2) is 4.79 Å². The van der Waals surface area contributed by atoms with Crippen molar-refractivity contribution in [2.75, 3.05) is 6.61 Å². The SMILES string of the molecule is Cc1oc(CNC(=O)COc2cccc(Cl)c2C)cc1C(=O)O. The molecular weight excluding hydrogens is 322 g/mol. The molecule has 2 N–H and O–H groups in total. The summed E-state index contributed by atoms with van der Waals surface area (Å²) in [6.45, 7) is 3.27. The van der Waals surface area contributed by atoms with Gasteiger partial charge in [-0.1, -0.05) is 17.7 Å². The van der Waals surface area contributed by atoms with Crippen LogP contribution in [0.4, 0.5) is 0 Å². The lowest BCUT2D eigenvalue weighted by Crippen LogP contribution is -2.28. The van der Waals surface area contributed by atoms with Crippen LogP contribution in [0.2, 0.25) is 5.02 Å². The number of nitrogens with one attached hydrogen (secondary N) is 1. The normalized spacial score (nSPS) is 10.4.